The maximum absolute atomic E-state index is 12.7. The van der Waals surface area contributed by atoms with E-state index in [9.17, 15) is 14.7 Å². The Balaban J connectivity index is 1.25. The highest BCUT2D eigenvalue weighted by molar-refractivity contribution is 5.89. The van der Waals surface area contributed by atoms with Crippen molar-refractivity contribution in [2.75, 3.05) is 19.9 Å². The van der Waals surface area contributed by atoms with Gasteiger partial charge >= 0.3 is 0 Å². The first-order valence-corrected chi connectivity index (χ1v) is 11.6. The van der Waals surface area contributed by atoms with Crippen LogP contribution in [0.4, 0.5) is 0 Å². The smallest absolute Gasteiger partial charge is 0.242 e. The number of fused-ring (bicyclic) bond motifs is 2. The number of hydrogen-bond donors (Lipinski definition) is 3. The van der Waals surface area contributed by atoms with Crippen molar-refractivity contribution < 1.29 is 28.9 Å². The number of nitrogens with one attached hydrogen (secondary N) is 2. The van der Waals surface area contributed by atoms with Gasteiger partial charge in [-0.2, -0.15) is 0 Å². The summed E-state index contributed by atoms with van der Waals surface area (Å²) in [5, 5.41) is 18.0. The van der Waals surface area contributed by atoms with Crippen LogP contribution in [0.5, 0.6) is 17.2 Å². The summed E-state index contributed by atoms with van der Waals surface area (Å²) in [5.74, 6) is 1.05. The van der Waals surface area contributed by atoms with Crippen molar-refractivity contribution in [2.45, 2.75) is 32.4 Å². The molecule has 0 spiro atoms. The van der Waals surface area contributed by atoms with Crippen molar-refractivity contribution >= 4 is 22.6 Å². The molecule has 2 atom stereocenters. The lowest BCUT2D eigenvalue weighted by atomic mass is 10.0. The van der Waals surface area contributed by atoms with Crippen LogP contribution < -0.4 is 24.8 Å². The average molecular weight is 479 g/mol. The Bertz CT molecular complexity index is 1200. The van der Waals surface area contributed by atoms with Crippen molar-refractivity contribution in [2.24, 2.45) is 5.92 Å². The monoisotopic (exact) mass is 478 g/mol. The largest absolute Gasteiger partial charge is 0.491 e. The zero-order valence-corrected chi connectivity index (χ0v) is 19.8. The van der Waals surface area contributed by atoms with Crippen LogP contribution in [0.2, 0.25) is 0 Å². The molecule has 184 valence electrons. The third kappa shape index (κ3) is 6.42. The first-order chi connectivity index (χ1) is 16.9. The van der Waals surface area contributed by atoms with Gasteiger partial charge in [-0.25, -0.2) is 0 Å². The lowest BCUT2D eigenvalue weighted by molar-refractivity contribution is -0.130. The Morgan fingerprint density at radius 1 is 1.00 bits per heavy atom. The molecular formula is C27H30N2O6. The number of carbonyl (C=O) groups excluding carboxylic acids is 2. The molecule has 3 aromatic rings. The van der Waals surface area contributed by atoms with Gasteiger partial charge in [0.25, 0.3) is 0 Å². The molecule has 2 unspecified atom stereocenters. The topological polar surface area (TPSA) is 106 Å². The molecule has 0 saturated carbocycles. The highest BCUT2D eigenvalue weighted by Crippen LogP contribution is 2.35. The van der Waals surface area contributed by atoms with Crippen LogP contribution in [0.3, 0.4) is 0 Å². The number of hydrogen-bond acceptors (Lipinski definition) is 6. The molecule has 2 amide bonds. The van der Waals surface area contributed by atoms with Gasteiger partial charge in [-0.3, -0.25) is 9.59 Å². The number of amides is 2. The minimum Gasteiger partial charge on any atom is -0.491 e. The molecule has 0 aliphatic carbocycles. The highest BCUT2D eigenvalue weighted by Gasteiger charge is 2.25. The fraction of sp³-hybridized carbons (Fsp3) is 0.333. The number of carbonyl (C=O) groups is 2. The maximum atomic E-state index is 12.7. The minimum atomic E-state index is -0.925. The summed E-state index contributed by atoms with van der Waals surface area (Å²) in [6, 6.07) is 18.3. The number of ether oxygens (including phenoxy) is 3. The van der Waals surface area contributed by atoms with E-state index in [1.54, 1.807) is 18.2 Å². The van der Waals surface area contributed by atoms with Crippen molar-refractivity contribution in [1.82, 2.24) is 10.6 Å². The SMILES string of the molecule is CC(C)C(NC(=O)Cc1ccc2ccccc2c1)C(=O)NCC(O)COc1ccc2c(c1)OCO2. The van der Waals surface area contributed by atoms with Crippen LogP contribution in [-0.2, 0) is 16.0 Å². The van der Waals surface area contributed by atoms with Crippen molar-refractivity contribution in [3.8, 4) is 17.2 Å². The Morgan fingerprint density at radius 3 is 2.57 bits per heavy atom. The quantitative estimate of drug-likeness (QED) is 0.414. The van der Waals surface area contributed by atoms with Gasteiger partial charge in [-0.05, 0) is 34.4 Å². The lowest BCUT2D eigenvalue weighted by Crippen LogP contribution is -2.51. The summed E-state index contributed by atoms with van der Waals surface area (Å²) in [4.78, 5) is 25.4. The molecule has 8 nitrogen and oxygen atoms in total. The molecule has 0 aromatic heterocycles. The van der Waals surface area contributed by atoms with Crippen LogP contribution in [0.25, 0.3) is 10.8 Å². The summed E-state index contributed by atoms with van der Waals surface area (Å²) in [6.45, 7) is 3.87. The van der Waals surface area contributed by atoms with E-state index in [0.29, 0.717) is 17.2 Å². The van der Waals surface area contributed by atoms with E-state index in [4.69, 9.17) is 14.2 Å². The molecule has 1 aliphatic heterocycles. The van der Waals surface area contributed by atoms with E-state index in [0.717, 1.165) is 16.3 Å². The zero-order chi connectivity index (χ0) is 24.8. The van der Waals surface area contributed by atoms with E-state index in [1.165, 1.54) is 0 Å². The van der Waals surface area contributed by atoms with E-state index in [2.05, 4.69) is 10.6 Å². The molecule has 8 heteroatoms. The first kappa shape index (κ1) is 24.3. The molecule has 0 radical (unpaired) electrons. The molecule has 0 bridgehead atoms. The van der Waals surface area contributed by atoms with Crippen LogP contribution in [0.1, 0.15) is 19.4 Å². The van der Waals surface area contributed by atoms with Gasteiger partial charge in [0.15, 0.2) is 11.5 Å². The molecule has 3 N–H and O–H groups in total. The van der Waals surface area contributed by atoms with Crippen LogP contribution >= 0.6 is 0 Å². The third-order valence-corrected chi connectivity index (χ3v) is 5.74. The first-order valence-electron chi connectivity index (χ1n) is 11.6. The van der Waals surface area contributed by atoms with Gasteiger partial charge in [0.05, 0.1) is 6.42 Å². The van der Waals surface area contributed by atoms with Crippen molar-refractivity contribution in [1.29, 1.82) is 0 Å². The van der Waals surface area contributed by atoms with E-state index in [-0.39, 0.29) is 44.1 Å². The third-order valence-electron chi connectivity index (χ3n) is 5.74. The molecule has 4 rings (SSSR count). The number of rotatable bonds is 10. The second-order valence-electron chi connectivity index (χ2n) is 8.87. The van der Waals surface area contributed by atoms with Crippen molar-refractivity contribution in [3.63, 3.8) is 0 Å². The van der Waals surface area contributed by atoms with Crippen LogP contribution in [-0.4, -0.2) is 49.0 Å². The van der Waals surface area contributed by atoms with E-state index < -0.39 is 12.1 Å². The Labute approximate surface area is 204 Å². The van der Waals surface area contributed by atoms with Gasteiger partial charge < -0.3 is 30.0 Å². The normalized spacial score (nSPS) is 13.9. The molecule has 3 aromatic carbocycles. The summed E-state index contributed by atoms with van der Waals surface area (Å²) in [5.41, 5.74) is 0.875. The van der Waals surface area contributed by atoms with Crippen LogP contribution in [0.15, 0.2) is 60.7 Å². The summed E-state index contributed by atoms with van der Waals surface area (Å²) >= 11 is 0. The second kappa shape index (κ2) is 11.1. The second-order valence-corrected chi connectivity index (χ2v) is 8.87. The number of benzene rings is 3. The fourth-order valence-electron chi connectivity index (χ4n) is 3.84. The molecule has 35 heavy (non-hydrogen) atoms. The Hall–Kier alpha value is -3.78. The average Bonchev–Trinajstić information content (AvgIpc) is 3.32. The maximum Gasteiger partial charge on any atom is 0.242 e. The summed E-state index contributed by atoms with van der Waals surface area (Å²) in [6.07, 6.45) is -0.752. The number of aliphatic hydroxyl groups is 1. The standard InChI is InChI=1S/C27H30N2O6/c1-17(2)26(29-25(31)12-18-7-8-19-5-3-4-6-20(19)11-18)27(32)28-14-21(30)15-33-22-9-10-23-24(13-22)35-16-34-23/h3-11,13,17,21,26,30H,12,14-16H2,1-2H3,(H,28,32)(H,29,31). The molecule has 0 saturated heterocycles. The molecular weight excluding hydrogens is 448 g/mol. The summed E-state index contributed by atoms with van der Waals surface area (Å²) < 4.78 is 16.2. The molecule has 1 aliphatic rings. The predicted molar refractivity (Wildman–Crippen MR) is 131 cm³/mol. The lowest BCUT2D eigenvalue weighted by Gasteiger charge is -2.23. The minimum absolute atomic E-state index is 0.00680. The summed E-state index contributed by atoms with van der Waals surface area (Å²) in [7, 11) is 0. The predicted octanol–water partition coefficient (Wildman–Crippen LogP) is 2.81. The van der Waals surface area contributed by atoms with Crippen LogP contribution in [0, 0.1) is 5.92 Å². The van der Waals surface area contributed by atoms with E-state index >= 15 is 0 Å². The fourth-order valence-corrected chi connectivity index (χ4v) is 3.84. The van der Waals surface area contributed by atoms with Gasteiger partial charge in [-0.15, -0.1) is 0 Å². The molecule has 1 heterocycles. The number of aliphatic hydroxyl groups excluding tert-OH is 1. The Morgan fingerprint density at radius 2 is 1.77 bits per heavy atom. The highest BCUT2D eigenvalue weighted by atomic mass is 16.7. The van der Waals surface area contributed by atoms with Gasteiger partial charge in [0, 0.05) is 12.6 Å². The Kier molecular flexibility index (Phi) is 7.72. The van der Waals surface area contributed by atoms with Gasteiger partial charge in [0.1, 0.15) is 24.5 Å². The van der Waals surface area contributed by atoms with Gasteiger partial charge in [0.2, 0.25) is 18.6 Å². The van der Waals surface area contributed by atoms with Crippen molar-refractivity contribution in [3.05, 3.63) is 66.2 Å². The zero-order valence-electron chi connectivity index (χ0n) is 19.8. The van der Waals surface area contributed by atoms with Gasteiger partial charge in [-0.1, -0.05) is 56.3 Å². The molecule has 0 fully saturated rings. The van der Waals surface area contributed by atoms with E-state index in [1.807, 2.05) is 56.3 Å².